The number of aromatic nitrogens is 4. The summed E-state index contributed by atoms with van der Waals surface area (Å²) in [7, 11) is 27.6. The van der Waals surface area contributed by atoms with Gasteiger partial charge in [-0.3, -0.25) is 0 Å². The largest absolute Gasteiger partial charge is 0.456 e. The molecule has 0 aliphatic rings. The first-order chi connectivity index (χ1) is 29.8. The highest BCUT2D eigenvalue weighted by molar-refractivity contribution is 6.72. The molecule has 0 aliphatic carbocycles. The molecular weight excluding hydrogens is 742 g/mol. The van der Waals surface area contributed by atoms with Crippen LogP contribution in [0.5, 0.6) is 0 Å². The van der Waals surface area contributed by atoms with Gasteiger partial charge in [0.05, 0.1) is 0 Å². The second-order valence-electron chi connectivity index (χ2n) is 17.6. The predicted octanol–water partition coefficient (Wildman–Crippen LogP) is -9.36. The molecule has 282 valence electrons. The molecule has 0 atom stereocenters. The van der Waals surface area contributed by atoms with Crippen LogP contribution >= 0.6 is 0 Å². The monoisotopic (exact) mass is 784 g/mol. The second-order valence-corrected chi connectivity index (χ2v) is 17.6. The third-order valence-electron chi connectivity index (χ3n) is 14.6. The smallest absolute Gasteiger partial charge is 0.164 e. The van der Waals surface area contributed by atoms with E-state index < -0.39 is 0 Å². The Kier molecular flexibility index (Phi) is 9.55. The quantitative estimate of drug-likeness (QED) is 0.163. The third kappa shape index (κ3) is 5.91. The molecule has 7 aromatic carbocycles. The van der Waals surface area contributed by atoms with Crippen LogP contribution in [0.2, 0.25) is 0 Å². The van der Waals surface area contributed by atoms with E-state index in [1.54, 1.807) is 0 Å². The van der Waals surface area contributed by atoms with E-state index in [0.717, 1.165) is 44.3 Å². The molecule has 0 spiro atoms. The summed E-state index contributed by atoms with van der Waals surface area (Å²) in [4.78, 5) is 14.9. The first-order valence-electron chi connectivity index (χ1n) is 21.7. The molecule has 0 amide bonds. The molecule has 62 heavy (non-hydrogen) atoms. The van der Waals surface area contributed by atoms with Crippen molar-refractivity contribution in [2.45, 2.75) is 0 Å². The van der Waals surface area contributed by atoms with Gasteiger partial charge >= 0.3 is 0 Å². The third-order valence-corrected chi connectivity index (χ3v) is 14.6. The summed E-state index contributed by atoms with van der Waals surface area (Å²) in [5.41, 5.74) is 26.9. The van der Waals surface area contributed by atoms with Crippen LogP contribution in [0.3, 0.4) is 0 Å². The van der Waals surface area contributed by atoms with Gasteiger partial charge in [0.2, 0.25) is 0 Å². The molecule has 3 aromatic heterocycles. The van der Waals surface area contributed by atoms with Gasteiger partial charge in [-0.05, 0) is 46.2 Å². The van der Waals surface area contributed by atoms with Crippen molar-refractivity contribution in [1.29, 1.82) is 0 Å². The van der Waals surface area contributed by atoms with Crippen LogP contribution in [0.25, 0.3) is 94.7 Å². The van der Waals surface area contributed by atoms with E-state index in [2.05, 4.69) is 135 Å². The van der Waals surface area contributed by atoms with E-state index in [1.165, 1.54) is 98.5 Å². The van der Waals surface area contributed by atoms with Gasteiger partial charge in [0.25, 0.3) is 0 Å². The lowest BCUT2D eigenvalue weighted by Crippen LogP contribution is -2.56. The Bertz CT molecular complexity index is 3470. The van der Waals surface area contributed by atoms with Gasteiger partial charge in [-0.25, -0.2) is 15.0 Å². The van der Waals surface area contributed by atoms with E-state index in [9.17, 15) is 0 Å². The first-order valence-corrected chi connectivity index (χ1v) is 21.7. The van der Waals surface area contributed by atoms with Crippen LogP contribution in [0.4, 0.5) is 0 Å². The average molecular weight is 783 g/mol. The molecule has 17 heteroatoms. The maximum Gasteiger partial charge on any atom is 0.164 e. The van der Waals surface area contributed by atoms with Crippen molar-refractivity contribution in [1.82, 2.24) is 19.5 Å². The van der Waals surface area contributed by atoms with Crippen molar-refractivity contribution in [3.8, 4) is 51.0 Å². The number of fused-ring (bicyclic) bond motifs is 6. The summed E-state index contributed by atoms with van der Waals surface area (Å²) >= 11 is 0. The van der Waals surface area contributed by atoms with Gasteiger partial charge in [-0.2, -0.15) is 0 Å². The molecule has 3 heterocycles. The predicted molar refractivity (Wildman–Crippen MR) is 301 cm³/mol. The van der Waals surface area contributed by atoms with Gasteiger partial charge in [0, 0.05) is 50.2 Å². The highest BCUT2D eigenvalue weighted by Crippen LogP contribution is 2.36. The summed E-state index contributed by atoms with van der Waals surface area (Å²) in [5, 5.41) is 4.81. The minimum Gasteiger partial charge on any atom is -0.456 e. The lowest BCUT2D eigenvalue weighted by Gasteiger charge is -2.25. The Morgan fingerprint density at radius 3 is 1.32 bits per heavy atom. The minimum atomic E-state index is 0.601. The molecule has 0 N–H and O–H groups in total. The van der Waals surface area contributed by atoms with Crippen molar-refractivity contribution in [2.24, 2.45) is 0 Å². The van der Waals surface area contributed by atoms with Crippen LogP contribution in [0.1, 0.15) is 0 Å². The zero-order chi connectivity index (χ0) is 43.5. The number of benzene rings is 7. The van der Waals surface area contributed by atoms with Gasteiger partial charge < -0.3 is 8.98 Å². The molecule has 0 unspecified atom stereocenters. The van der Waals surface area contributed by atoms with E-state index >= 15 is 0 Å². The molecule has 0 saturated heterocycles. The fourth-order valence-corrected chi connectivity index (χ4v) is 10.2. The minimum absolute atomic E-state index is 0.601. The van der Waals surface area contributed by atoms with Crippen LogP contribution in [0.15, 0.2) is 101 Å². The molecule has 0 radical (unpaired) electrons. The van der Waals surface area contributed by atoms with Crippen LogP contribution in [0, 0.1) is 0 Å². The standard InChI is InChI=1S/C45H40B12N4O/c46-29-26(25-30(47)35(52)38(55)36(53)31(25)48)34(51)41-27(32(29)49)28-33(50)37(54)39(56)40(57)42(28)61(41)20-12-14-22-21-13-11-19(15-23(21)62-24(22)16-20)45-59-43(17-7-3-1-4-8-17)58-44(60-45)18-9-5-2-6-10-18/h1-16H,46-57H2. The number of hydrogen-bond donors (Lipinski definition) is 0. The topological polar surface area (TPSA) is 56.7 Å². The Balaban J connectivity index is 1.21. The van der Waals surface area contributed by atoms with Gasteiger partial charge in [0.1, 0.15) is 105 Å². The molecular formula is C45H40B12N4O. The highest BCUT2D eigenvalue weighted by Gasteiger charge is 2.27. The number of hydrogen-bond acceptors (Lipinski definition) is 4. The summed E-state index contributed by atoms with van der Waals surface area (Å²) in [5.74, 6) is 1.87. The molecule has 5 nitrogen and oxygen atoms in total. The molecule has 0 bridgehead atoms. The zero-order valence-electron chi connectivity index (χ0n) is 37.9. The number of furan rings is 1. The van der Waals surface area contributed by atoms with Crippen molar-refractivity contribution in [3.63, 3.8) is 0 Å². The summed E-state index contributed by atoms with van der Waals surface area (Å²) in [6, 6.07) is 33.3. The van der Waals surface area contributed by atoms with Crippen molar-refractivity contribution >= 4 is 203 Å². The molecule has 0 fully saturated rings. The maximum atomic E-state index is 6.85. The van der Waals surface area contributed by atoms with E-state index in [4.69, 9.17) is 19.4 Å². The lowest BCUT2D eigenvalue weighted by atomic mass is 9.57. The lowest BCUT2D eigenvalue weighted by molar-refractivity contribution is 0.668. The Morgan fingerprint density at radius 1 is 0.355 bits per heavy atom. The molecule has 0 saturated carbocycles. The maximum absolute atomic E-state index is 6.85. The summed E-state index contributed by atoms with van der Waals surface area (Å²) < 4.78 is 9.40. The fourth-order valence-electron chi connectivity index (χ4n) is 10.2. The van der Waals surface area contributed by atoms with Gasteiger partial charge in [-0.15, -0.1) is 21.9 Å². The number of nitrogens with zero attached hydrogens (tertiary/aromatic N) is 4. The second kappa shape index (κ2) is 14.8. The van der Waals surface area contributed by atoms with Crippen molar-refractivity contribution in [3.05, 3.63) is 97.1 Å². The van der Waals surface area contributed by atoms with Gasteiger partial charge in [-0.1, -0.05) is 110 Å². The van der Waals surface area contributed by atoms with Crippen molar-refractivity contribution < 1.29 is 4.42 Å². The first kappa shape index (κ1) is 40.0. The normalized spacial score (nSPS) is 11.7. The Labute approximate surface area is 373 Å². The molecule has 0 aliphatic heterocycles. The number of rotatable bonds is 5. The van der Waals surface area contributed by atoms with E-state index in [1.807, 2.05) is 60.7 Å². The zero-order valence-corrected chi connectivity index (χ0v) is 37.9. The average Bonchev–Trinajstić information content (AvgIpc) is 3.86. The fraction of sp³-hybridized carbons (Fsp3) is 0. The van der Waals surface area contributed by atoms with Crippen LogP contribution in [-0.4, -0.2) is 114 Å². The Morgan fingerprint density at radius 2 is 0.758 bits per heavy atom. The molecule has 10 aromatic rings. The van der Waals surface area contributed by atoms with Crippen LogP contribution in [-0.2, 0) is 0 Å². The van der Waals surface area contributed by atoms with E-state index in [-0.39, 0.29) is 0 Å². The highest BCUT2D eigenvalue weighted by atomic mass is 16.3. The van der Waals surface area contributed by atoms with Crippen molar-refractivity contribution in [2.75, 3.05) is 0 Å². The Hall–Kier alpha value is -6.07. The summed E-state index contributed by atoms with van der Waals surface area (Å²) in [6.45, 7) is 0. The van der Waals surface area contributed by atoms with Crippen LogP contribution < -0.4 is 65.6 Å². The van der Waals surface area contributed by atoms with E-state index in [0.29, 0.717) is 17.5 Å². The summed E-state index contributed by atoms with van der Waals surface area (Å²) in [6.07, 6.45) is 0. The SMILES string of the molecule is Bc1c(B)c(B)c(-c2c(B)c(B)c3c4c(B)c(B)c(B)c(B)c4n(-c4ccc5c(c4)oc4cc(-c6nc(-c7ccccc7)nc(-c7ccccc7)n6)ccc45)c3c2B)c(B)c1B. The molecule has 10 rings (SSSR count). The van der Waals surface area contributed by atoms with Gasteiger partial charge in [0.15, 0.2) is 17.5 Å².